The van der Waals surface area contributed by atoms with Crippen LogP contribution in [0.2, 0.25) is 0 Å². The molecule has 4 aromatic rings. The lowest BCUT2D eigenvalue weighted by Gasteiger charge is -2.36. The summed E-state index contributed by atoms with van der Waals surface area (Å²) in [6, 6.07) is 30.7. The Balaban J connectivity index is 1.40. The van der Waals surface area contributed by atoms with Crippen molar-refractivity contribution in [1.82, 2.24) is 4.90 Å². The van der Waals surface area contributed by atoms with E-state index in [9.17, 15) is 17.6 Å². The largest absolute Gasteiger partial charge is 0.368 e. The van der Waals surface area contributed by atoms with Crippen molar-refractivity contribution in [3.05, 3.63) is 126 Å². The van der Waals surface area contributed by atoms with E-state index < -0.39 is 15.8 Å². The number of benzene rings is 4. The fourth-order valence-corrected chi connectivity index (χ4v) is 6.04. The van der Waals surface area contributed by atoms with Gasteiger partial charge >= 0.3 is 0 Å². The van der Waals surface area contributed by atoms with E-state index in [-0.39, 0.29) is 17.3 Å². The van der Waals surface area contributed by atoms with Crippen molar-refractivity contribution in [2.75, 3.05) is 35.4 Å². The second kappa shape index (κ2) is 11.1. The highest BCUT2D eigenvalue weighted by atomic mass is 32.2. The number of anilines is 2. The number of carbonyl (C=O) groups is 1. The van der Waals surface area contributed by atoms with Crippen molar-refractivity contribution in [2.45, 2.75) is 11.4 Å². The van der Waals surface area contributed by atoms with E-state index in [1.54, 1.807) is 59.5 Å². The third-order valence-electron chi connectivity index (χ3n) is 6.64. The van der Waals surface area contributed by atoms with Crippen LogP contribution in [0.1, 0.15) is 15.9 Å². The number of halogens is 1. The van der Waals surface area contributed by atoms with Crippen LogP contribution in [0.4, 0.5) is 15.8 Å². The molecule has 0 bridgehead atoms. The van der Waals surface area contributed by atoms with Gasteiger partial charge < -0.3 is 9.80 Å². The molecule has 1 heterocycles. The Morgan fingerprint density at radius 1 is 0.763 bits per heavy atom. The standard InChI is InChI=1S/C30H28FN3O3S/c31-26-16-14-24(15-17-26)23-34(38(36,37)29-12-5-2-6-13-29)28-11-7-8-25(22-28)30(35)33-20-18-32(19-21-33)27-9-3-1-4-10-27/h1-17,22H,18-21,23H2. The average molecular weight is 530 g/mol. The monoisotopic (exact) mass is 529 g/mol. The molecule has 0 atom stereocenters. The first-order valence-electron chi connectivity index (χ1n) is 12.4. The highest BCUT2D eigenvalue weighted by Crippen LogP contribution is 2.28. The second-order valence-electron chi connectivity index (χ2n) is 9.12. The summed E-state index contributed by atoms with van der Waals surface area (Å²) in [7, 11) is -3.96. The number of piperazine rings is 1. The maximum Gasteiger partial charge on any atom is 0.264 e. The quantitative estimate of drug-likeness (QED) is 0.331. The van der Waals surface area contributed by atoms with Crippen molar-refractivity contribution < 1.29 is 17.6 Å². The van der Waals surface area contributed by atoms with Crippen molar-refractivity contribution >= 4 is 27.3 Å². The Kier molecular flexibility index (Phi) is 7.42. The maximum absolute atomic E-state index is 13.7. The second-order valence-corrected chi connectivity index (χ2v) is 11.0. The molecule has 5 rings (SSSR count). The lowest BCUT2D eigenvalue weighted by atomic mass is 10.1. The van der Waals surface area contributed by atoms with E-state index in [0.29, 0.717) is 43.0 Å². The van der Waals surface area contributed by atoms with E-state index in [4.69, 9.17) is 0 Å². The molecule has 0 radical (unpaired) electrons. The Morgan fingerprint density at radius 2 is 1.39 bits per heavy atom. The van der Waals surface area contributed by atoms with Crippen LogP contribution in [-0.4, -0.2) is 45.4 Å². The summed E-state index contributed by atoms with van der Waals surface area (Å²) in [5.41, 5.74) is 2.54. The van der Waals surface area contributed by atoms with Crippen molar-refractivity contribution in [3.8, 4) is 0 Å². The van der Waals surface area contributed by atoms with E-state index in [2.05, 4.69) is 17.0 Å². The lowest BCUT2D eigenvalue weighted by Crippen LogP contribution is -2.48. The van der Waals surface area contributed by atoms with Gasteiger partial charge in [-0.15, -0.1) is 0 Å². The molecule has 6 nitrogen and oxygen atoms in total. The van der Waals surface area contributed by atoms with E-state index in [0.717, 1.165) is 5.69 Å². The number of rotatable bonds is 7. The van der Waals surface area contributed by atoms with E-state index in [1.807, 2.05) is 18.2 Å². The molecule has 1 amide bonds. The topological polar surface area (TPSA) is 60.9 Å². The number of carbonyl (C=O) groups excluding carboxylic acids is 1. The minimum atomic E-state index is -3.96. The molecule has 0 N–H and O–H groups in total. The van der Waals surface area contributed by atoms with Gasteiger partial charge in [-0.2, -0.15) is 0 Å². The van der Waals surface area contributed by atoms with Gasteiger partial charge in [0.05, 0.1) is 17.1 Å². The van der Waals surface area contributed by atoms with Crippen molar-refractivity contribution in [3.63, 3.8) is 0 Å². The number of nitrogens with zero attached hydrogens (tertiary/aromatic N) is 3. The zero-order chi connectivity index (χ0) is 26.5. The summed E-state index contributed by atoms with van der Waals surface area (Å²) in [6.45, 7) is 2.56. The SMILES string of the molecule is O=C(c1cccc(N(Cc2ccc(F)cc2)S(=O)(=O)c2ccccc2)c1)N1CCN(c2ccccc2)CC1. The van der Waals surface area contributed by atoms with Gasteiger partial charge in [0.25, 0.3) is 15.9 Å². The van der Waals surface area contributed by atoms with Crippen LogP contribution in [0.25, 0.3) is 0 Å². The maximum atomic E-state index is 13.7. The van der Waals surface area contributed by atoms with Gasteiger partial charge in [0.15, 0.2) is 0 Å². The van der Waals surface area contributed by atoms with Gasteiger partial charge in [-0.25, -0.2) is 12.8 Å². The van der Waals surface area contributed by atoms with Crippen LogP contribution in [0.5, 0.6) is 0 Å². The summed E-state index contributed by atoms with van der Waals surface area (Å²) in [5, 5.41) is 0. The first-order valence-corrected chi connectivity index (χ1v) is 13.9. The number of para-hydroxylation sites is 1. The first kappa shape index (κ1) is 25.5. The van der Waals surface area contributed by atoms with E-state index >= 15 is 0 Å². The number of hydrogen-bond acceptors (Lipinski definition) is 4. The van der Waals surface area contributed by atoms with Crippen LogP contribution in [0.3, 0.4) is 0 Å². The minimum Gasteiger partial charge on any atom is -0.368 e. The zero-order valence-corrected chi connectivity index (χ0v) is 21.6. The summed E-state index contributed by atoms with van der Waals surface area (Å²) in [5.74, 6) is -0.537. The number of hydrogen-bond donors (Lipinski definition) is 0. The molecular formula is C30H28FN3O3S. The molecule has 0 spiro atoms. The van der Waals surface area contributed by atoms with Crippen LogP contribution < -0.4 is 9.21 Å². The fraction of sp³-hybridized carbons (Fsp3) is 0.167. The lowest BCUT2D eigenvalue weighted by molar-refractivity contribution is 0.0747. The Bertz CT molecular complexity index is 1490. The number of amides is 1. The molecular weight excluding hydrogens is 501 g/mol. The third-order valence-corrected chi connectivity index (χ3v) is 8.43. The Hall–Kier alpha value is -4.17. The molecule has 1 fully saturated rings. The molecule has 4 aromatic carbocycles. The van der Waals surface area contributed by atoms with Gasteiger partial charge in [-0.05, 0) is 60.2 Å². The van der Waals surface area contributed by atoms with Crippen LogP contribution in [-0.2, 0) is 16.6 Å². The summed E-state index contributed by atoms with van der Waals surface area (Å²) >= 11 is 0. The molecule has 194 valence electrons. The van der Waals surface area contributed by atoms with Crippen molar-refractivity contribution in [2.24, 2.45) is 0 Å². The van der Waals surface area contributed by atoms with E-state index in [1.165, 1.54) is 28.6 Å². The molecule has 0 saturated carbocycles. The fourth-order valence-electron chi connectivity index (χ4n) is 4.57. The Labute approximate surface area is 222 Å². The molecule has 38 heavy (non-hydrogen) atoms. The molecule has 8 heteroatoms. The first-order chi connectivity index (χ1) is 18.4. The summed E-state index contributed by atoms with van der Waals surface area (Å²) in [6.07, 6.45) is 0. The van der Waals surface area contributed by atoms with Gasteiger partial charge in [0, 0.05) is 37.4 Å². The highest BCUT2D eigenvalue weighted by molar-refractivity contribution is 7.92. The zero-order valence-electron chi connectivity index (χ0n) is 20.8. The number of sulfonamides is 1. The van der Waals surface area contributed by atoms with Gasteiger partial charge in [-0.3, -0.25) is 9.10 Å². The molecule has 1 saturated heterocycles. The van der Waals surface area contributed by atoms with Gasteiger partial charge in [0.1, 0.15) is 5.82 Å². The predicted octanol–water partition coefficient (Wildman–Crippen LogP) is 5.18. The Morgan fingerprint density at radius 3 is 2.05 bits per heavy atom. The predicted molar refractivity (Wildman–Crippen MR) is 147 cm³/mol. The minimum absolute atomic E-state index is 0.00903. The molecule has 0 unspecified atom stereocenters. The molecule has 0 aliphatic carbocycles. The third kappa shape index (κ3) is 5.55. The normalized spacial score (nSPS) is 13.8. The van der Waals surface area contributed by atoms with Gasteiger partial charge in [-0.1, -0.05) is 54.6 Å². The molecule has 1 aliphatic rings. The summed E-state index contributed by atoms with van der Waals surface area (Å²) in [4.78, 5) is 17.6. The average Bonchev–Trinajstić information content (AvgIpc) is 2.97. The molecule has 0 aromatic heterocycles. The summed E-state index contributed by atoms with van der Waals surface area (Å²) < 4.78 is 42.2. The smallest absolute Gasteiger partial charge is 0.264 e. The van der Waals surface area contributed by atoms with Crippen molar-refractivity contribution in [1.29, 1.82) is 0 Å². The molecule has 1 aliphatic heterocycles. The van der Waals surface area contributed by atoms with Crippen LogP contribution in [0, 0.1) is 5.82 Å². The van der Waals surface area contributed by atoms with Crippen LogP contribution >= 0.6 is 0 Å². The van der Waals surface area contributed by atoms with Gasteiger partial charge in [0.2, 0.25) is 0 Å². The van der Waals surface area contributed by atoms with Crippen LogP contribution in [0.15, 0.2) is 114 Å². The highest BCUT2D eigenvalue weighted by Gasteiger charge is 2.27.